The summed E-state index contributed by atoms with van der Waals surface area (Å²) in [5.41, 5.74) is -0.216. The minimum atomic E-state index is -2.49. The van der Waals surface area contributed by atoms with Gasteiger partial charge in [-0.05, 0) is 40.6 Å². The van der Waals surface area contributed by atoms with Crippen LogP contribution in [0.2, 0.25) is 16.6 Å². The van der Waals surface area contributed by atoms with Crippen molar-refractivity contribution in [3.8, 4) is 0 Å². The van der Waals surface area contributed by atoms with Gasteiger partial charge in [-0.1, -0.05) is 102 Å². The van der Waals surface area contributed by atoms with Gasteiger partial charge in [-0.2, -0.15) is 0 Å². The Morgan fingerprint density at radius 1 is 0.805 bits per heavy atom. The first-order chi connectivity index (χ1) is 19.3. The number of rotatable bonds is 16. The Labute approximate surface area is 244 Å². The van der Waals surface area contributed by atoms with Crippen LogP contribution in [-0.4, -0.2) is 54.8 Å². The lowest BCUT2D eigenvalue weighted by molar-refractivity contribution is -0.164. The van der Waals surface area contributed by atoms with Crippen molar-refractivity contribution in [3.05, 3.63) is 71.8 Å². The first-order valence-electron chi connectivity index (χ1n) is 14.1. The summed E-state index contributed by atoms with van der Waals surface area (Å²) in [7, 11) is -2.49. The van der Waals surface area contributed by atoms with E-state index < -0.39 is 44.6 Å². The molecule has 0 aliphatic carbocycles. The molecule has 0 aromatic heterocycles. The predicted octanol–water partition coefficient (Wildman–Crippen LogP) is 5.81. The molecule has 10 heteroatoms. The highest BCUT2D eigenvalue weighted by Crippen LogP contribution is 2.42. The molecule has 3 N–H and O–H groups in total. The van der Waals surface area contributed by atoms with Crippen LogP contribution in [0.1, 0.15) is 65.5 Å². The van der Waals surface area contributed by atoms with Gasteiger partial charge in [0.15, 0.2) is 13.9 Å². The van der Waals surface area contributed by atoms with E-state index in [1.165, 1.54) is 0 Å². The van der Waals surface area contributed by atoms with Crippen LogP contribution in [0.3, 0.4) is 0 Å². The number of aliphatic hydroxyl groups is 1. The molecule has 0 fully saturated rings. The molecular weight excluding hydrogens is 542 g/mol. The van der Waals surface area contributed by atoms with E-state index in [9.17, 15) is 24.6 Å². The second-order valence-corrected chi connectivity index (χ2v) is 16.8. The van der Waals surface area contributed by atoms with Crippen molar-refractivity contribution in [2.45, 2.75) is 95.9 Å². The maximum atomic E-state index is 13.1. The first-order valence-corrected chi connectivity index (χ1v) is 16.2. The molecule has 1 amide bonds. The number of hydrogen-bond donors (Lipinski definition) is 3. The average Bonchev–Trinajstić information content (AvgIpc) is 2.93. The zero-order valence-electron chi connectivity index (χ0n) is 25.0. The Hall–Kier alpha value is -3.21. The van der Waals surface area contributed by atoms with Crippen molar-refractivity contribution in [2.75, 3.05) is 6.61 Å². The maximum Gasteiger partial charge on any atom is 0.408 e. The summed E-state index contributed by atoms with van der Waals surface area (Å²) >= 11 is 0. The summed E-state index contributed by atoms with van der Waals surface area (Å²) in [6.07, 6.45) is -1.43. The molecule has 2 aromatic rings. The number of esters is 1. The molecule has 2 aromatic carbocycles. The van der Waals surface area contributed by atoms with Gasteiger partial charge in [-0.15, -0.1) is 0 Å². The number of aliphatic carboxylic acids is 1. The number of ether oxygens (including phenoxy) is 2. The van der Waals surface area contributed by atoms with Crippen LogP contribution in [-0.2, 0) is 36.7 Å². The van der Waals surface area contributed by atoms with Gasteiger partial charge in [0.05, 0.1) is 6.61 Å². The van der Waals surface area contributed by atoms with E-state index in [4.69, 9.17) is 13.9 Å². The summed E-state index contributed by atoms with van der Waals surface area (Å²) in [6.45, 7) is 11.9. The molecule has 0 bridgehead atoms. The van der Waals surface area contributed by atoms with Crippen LogP contribution in [0.5, 0.6) is 0 Å². The third-order valence-electron chi connectivity index (χ3n) is 7.53. The molecule has 0 aliphatic rings. The quantitative estimate of drug-likeness (QED) is 0.166. The summed E-state index contributed by atoms with van der Waals surface area (Å²) < 4.78 is 17.1. The predicted molar refractivity (Wildman–Crippen MR) is 159 cm³/mol. The van der Waals surface area contributed by atoms with Gasteiger partial charge in [0.1, 0.15) is 19.3 Å². The fourth-order valence-corrected chi connectivity index (χ4v) is 10.8. The summed E-state index contributed by atoms with van der Waals surface area (Å²) in [5, 5.41) is 23.7. The number of carboxylic acid groups (broad SMARTS) is 1. The largest absolute Gasteiger partial charge is 0.479 e. The fraction of sp³-hybridized carbons (Fsp3) is 0.516. The SMILES string of the molecule is CC(C)[Si](OC[C@@](O)(CC[C@H](NC(=O)OCc1ccccc1)C(=O)OCc1ccccc1)C(=O)O)(C(C)C)C(C)C. The average molecular weight is 588 g/mol. The zero-order chi connectivity index (χ0) is 30.6. The zero-order valence-corrected chi connectivity index (χ0v) is 26.0. The van der Waals surface area contributed by atoms with E-state index in [1.807, 2.05) is 36.4 Å². The standard InChI is InChI=1S/C31H45NO8Si/c1-22(2)41(23(3)4,24(5)6)40-21-31(37,29(34)35)18-17-27(28(33)38-19-25-13-9-7-10-14-25)32-30(36)39-20-26-15-11-8-12-16-26/h7-16,22-24,27,37H,17-21H2,1-6H3,(H,32,36)(H,34,35)/t27-,31-/m0/s1. The van der Waals surface area contributed by atoms with Crippen molar-refractivity contribution >= 4 is 26.3 Å². The second-order valence-electron chi connectivity index (χ2n) is 11.3. The Kier molecular flexibility index (Phi) is 13.0. The molecule has 0 spiro atoms. The van der Waals surface area contributed by atoms with E-state index in [1.54, 1.807) is 24.3 Å². The smallest absolute Gasteiger partial charge is 0.408 e. The molecule has 0 aliphatic heterocycles. The van der Waals surface area contributed by atoms with Gasteiger partial charge in [-0.25, -0.2) is 14.4 Å². The van der Waals surface area contributed by atoms with Crippen LogP contribution in [0.4, 0.5) is 4.79 Å². The van der Waals surface area contributed by atoms with Gasteiger partial charge in [0, 0.05) is 0 Å². The molecule has 0 saturated carbocycles. The topological polar surface area (TPSA) is 131 Å². The molecule has 0 radical (unpaired) electrons. The third-order valence-corrected chi connectivity index (χ3v) is 13.6. The second kappa shape index (κ2) is 15.7. The van der Waals surface area contributed by atoms with E-state index in [-0.39, 0.29) is 42.7 Å². The first kappa shape index (κ1) is 34.0. The molecule has 0 heterocycles. The van der Waals surface area contributed by atoms with Crippen LogP contribution < -0.4 is 5.32 Å². The lowest BCUT2D eigenvalue weighted by Gasteiger charge is -2.43. The van der Waals surface area contributed by atoms with Crippen LogP contribution in [0, 0.1) is 0 Å². The number of carbonyl (C=O) groups excluding carboxylic acids is 2. The van der Waals surface area contributed by atoms with E-state index in [2.05, 4.69) is 46.9 Å². The minimum Gasteiger partial charge on any atom is -0.479 e. The Morgan fingerprint density at radius 2 is 1.27 bits per heavy atom. The molecule has 2 atom stereocenters. The fourth-order valence-electron chi connectivity index (χ4n) is 5.35. The molecular formula is C31H45NO8Si. The van der Waals surface area contributed by atoms with E-state index >= 15 is 0 Å². The highest BCUT2D eigenvalue weighted by molar-refractivity contribution is 6.77. The van der Waals surface area contributed by atoms with E-state index in [0.29, 0.717) is 0 Å². The van der Waals surface area contributed by atoms with Crippen molar-refractivity contribution < 1.29 is 38.5 Å². The van der Waals surface area contributed by atoms with E-state index in [0.717, 1.165) is 11.1 Å². The van der Waals surface area contributed by atoms with Gasteiger partial charge < -0.3 is 29.4 Å². The highest BCUT2D eigenvalue weighted by Gasteiger charge is 2.48. The molecule has 0 saturated heterocycles. The highest BCUT2D eigenvalue weighted by atomic mass is 28.4. The third kappa shape index (κ3) is 9.69. The van der Waals surface area contributed by atoms with Crippen molar-refractivity contribution in [3.63, 3.8) is 0 Å². The normalized spacial score (nSPS) is 14.0. The van der Waals surface area contributed by atoms with Crippen molar-refractivity contribution in [1.29, 1.82) is 0 Å². The number of alkyl carbamates (subject to hydrolysis) is 1. The Balaban J connectivity index is 2.17. The van der Waals surface area contributed by atoms with Gasteiger partial charge >= 0.3 is 18.0 Å². The monoisotopic (exact) mass is 587 g/mol. The summed E-state index contributed by atoms with van der Waals surface area (Å²) in [5.74, 6) is -2.23. The lowest BCUT2D eigenvalue weighted by Crippen LogP contribution is -2.54. The van der Waals surface area contributed by atoms with Gasteiger partial charge in [0.2, 0.25) is 0 Å². The van der Waals surface area contributed by atoms with Gasteiger partial charge in [-0.3, -0.25) is 0 Å². The number of nitrogens with one attached hydrogen (secondary N) is 1. The van der Waals surface area contributed by atoms with Crippen LogP contribution in [0.25, 0.3) is 0 Å². The number of hydrogen-bond acceptors (Lipinski definition) is 7. The number of amides is 1. The summed E-state index contributed by atoms with van der Waals surface area (Å²) in [4.78, 5) is 37.9. The number of benzene rings is 2. The number of carbonyl (C=O) groups is 3. The Morgan fingerprint density at radius 3 is 1.71 bits per heavy atom. The lowest BCUT2D eigenvalue weighted by atomic mass is 9.96. The number of carboxylic acids is 1. The van der Waals surface area contributed by atoms with Gasteiger partial charge in [0.25, 0.3) is 0 Å². The Bertz CT molecular complexity index is 1090. The molecule has 9 nitrogen and oxygen atoms in total. The van der Waals surface area contributed by atoms with Crippen LogP contribution in [0.15, 0.2) is 60.7 Å². The van der Waals surface area contributed by atoms with Crippen molar-refractivity contribution in [2.24, 2.45) is 0 Å². The maximum absolute atomic E-state index is 13.1. The van der Waals surface area contributed by atoms with Crippen LogP contribution >= 0.6 is 0 Å². The minimum absolute atomic E-state index is 0.0162. The molecule has 2 rings (SSSR count). The molecule has 41 heavy (non-hydrogen) atoms. The van der Waals surface area contributed by atoms with Crippen molar-refractivity contribution in [1.82, 2.24) is 5.32 Å². The molecule has 226 valence electrons. The summed E-state index contributed by atoms with van der Waals surface area (Å²) in [6, 6.07) is 16.8. The molecule has 0 unspecified atom stereocenters.